The SMILES string of the molecule is C=C(CN1CCOCC1)C(=O)NC(C)C(C)C. The number of carbonyl (C=O) groups excluding carboxylic acids is 1. The van der Waals surface area contributed by atoms with Crippen LogP contribution >= 0.6 is 0 Å². The Morgan fingerprint density at radius 3 is 2.47 bits per heavy atom. The summed E-state index contributed by atoms with van der Waals surface area (Å²) in [6.45, 7) is 14.0. The second kappa shape index (κ2) is 6.77. The molecule has 4 nitrogen and oxygen atoms in total. The van der Waals surface area contributed by atoms with Gasteiger partial charge in [0.15, 0.2) is 0 Å². The summed E-state index contributed by atoms with van der Waals surface area (Å²) < 4.78 is 5.27. The molecule has 1 saturated heterocycles. The van der Waals surface area contributed by atoms with E-state index in [9.17, 15) is 4.79 Å². The van der Waals surface area contributed by atoms with Crippen LogP contribution in [0.4, 0.5) is 0 Å². The minimum atomic E-state index is -0.0299. The van der Waals surface area contributed by atoms with Gasteiger partial charge in [-0.2, -0.15) is 0 Å². The van der Waals surface area contributed by atoms with Gasteiger partial charge < -0.3 is 10.1 Å². The zero-order valence-electron chi connectivity index (χ0n) is 11.2. The van der Waals surface area contributed by atoms with Crippen molar-refractivity contribution < 1.29 is 9.53 Å². The maximum atomic E-state index is 11.9. The molecule has 1 aliphatic heterocycles. The largest absolute Gasteiger partial charge is 0.379 e. The van der Waals surface area contributed by atoms with Crippen LogP contribution in [0.3, 0.4) is 0 Å². The van der Waals surface area contributed by atoms with Crippen molar-refractivity contribution in [3.05, 3.63) is 12.2 Å². The van der Waals surface area contributed by atoms with Crippen LogP contribution in [0.1, 0.15) is 20.8 Å². The van der Waals surface area contributed by atoms with Crippen molar-refractivity contribution >= 4 is 5.91 Å². The fourth-order valence-electron chi connectivity index (χ4n) is 1.58. The summed E-state index contributed by atoms with van der Waals surface area (Å²) in [7, 11) is 0. The van der Waals surface area contributed by atoms with E-state index in [1.165, 1.54) is 0 Å². The minimum Gasteiger partial charge on any atom is -0.379 e. The van der Waals surface area contributed by atoms with Crippen LogP contribution in [0, 0.1) is 5.92 Å². The maximum absolute atomic E-state index is 11.9. The summed E-state index contributed by atoms with van der Waals surface area (Å²) in [4.78, 5) is 14.1. The van der Waals surface area contributed by atoms with Gasteiger partial charge in [0.05, 0.1) is 13.2 Å². The standard InChI is InChI=1S/C13H24N2O2/c1-10(2)12(4)14-13(16)11(3)9-15-5-7-17-8-6-15/h10,12H,3,5-9H2,1-2,4H3,(H,14,16). The number of nitrogens with zero attached hydrogens (tertiary/aromatic N) is 1. The van der Waals surface area contributed by atoms with Gasteiger partial charge in [-0.15, -0.1) is 0 Å². The summed E-state index contributed by atoms with van der Waals surface area (Å²) in [6, 6.07) is 0.184. The Morgan fingerprint density at radius 1 is 1.35 bits per heavy atom. The predicted molar refractivity (Wildman–Crippen MR) is 68.8 cm³/mol. The number of amides is 1. The highest BCUT2D eigenvalue weighted by Gasteiger charge is 2.17. The topological polar surface area (TPSA) is 41.6 Å². The lowest BCUT2D eigenvalue weighted by Crippen LogP contribution is -2.42. The highest BCUT2D eigenvalue weighted by molar-refractivity contribution is 5.93. The predicted octanol–water partition coefficient (Wildman–Crippen LogP) is 1.04. The maximum Gasteiger partial charge on any atom is 0.248 e. The lowest BCUT2D eigenvalue weighted by Gasteiger charge is -2.27. The minimum absolute atomic E-state index is 0.0299. The normalized spacial score (nSPS) is 19.1. The van der Waals surface area contributed by atoms with E-state index in [4.69, 9.17) is 4.74 Å². The zero-order valence-corrected chi connectivity index (χ0v) is 11.2. The van der Waals surface area contributed by atoms with Crippen molar-refractivity contribution in [1.29, 1.82) is 0 Å². The number of hydrogen-bond acceptors (Lipinski definition) is 3. The average molecular weight is 240 g/mol. The molecule has 0 radical (unpaired) electrons. The Morgan fingerprint density at radius 2 is 1.94 bits per heavy atom. The van der Waals surface area contributed by atoms with Gasteiger partial charge in [-0.25, -0.2) is 0 Å². The molecule has 17 heavy (non-hydrogen) atoms. The Bertz CT molecular complexity index is 271. The molecule has 1 heterocycles. The number of hydrogen-bond donors (Lipinski definition) is 1. The summed E-state index contributed by atoms with van der Waals surface area (Å²) >= 11 is 0. The van der Waals surface area contributed by atoms with Crippen LogP contribution in [-0.2, 0) is 9.53 Å². The molecule has 1 atom stereocenters. The number of rotatable bonds is 5. The van der Waals surface area contributed by atoms with Crippen molar-refractivity contribution in [3.63, 3.8) is 0 Å². The van der Waals surface area contributed by atoms with E-state index in [0.717, 1.165) is 26.3 Å². The van der Waals surface area contributed by atoms with Gasteiger partial charge in [0.25, 0.3) is 0 Å². The van der Waals surface area contributed by atoms with Gasteiger partial charge in [-0.05, 0) is 12.8 Å². The fourth-order valence-corrected chi connectivity index (χ4v) is 1.58. The Kier molecular flexibility index (Phi) is 5.65. The van der Waals surface area contributed by atoms with Crippen molar-refractivity contribution in [2.24, 2.45) is 5.92 Å². The third kappa shape index (κ3) is 4.88. The van der Waals surface area contributed by atoms with E-state index in [2.05, 4.69) is 30.6 Å². The van der Waals surface area contributed by atoms with Gasteiger partial charge >= 0.3 is 0 Å². The van der Waals surface area contributed by atoms with Gasteiger partial charge in [0, 0.05) is 31.2 Å². The lowest BCUT2D eigenvalue weighted by molar-refractivity contribution is -0.118. The molecule has 0 aromatic carbocycles. The van der Waals surface area contributed by atoms with Crippen molar-refractivity contribution in [1.82, 2.24) is 10.2 Å². The number of ether oxygens (including phenoxy) is 1. The molecular weight excluding hydrogens is 216 g/mol. The second-order valence-electron chi connectivity index (χ2n) is 5.00. The van der Waals surface area contributed by atoms with Crippen LogP contribution in [0.15, 0.2) is 12.2 Å². The zero-order chi connectivity index (χ0) is 12.8. The van der Waals surface area contributed by atoms with Gasteiger partial charge in [-0.3, -0.25) is 9.69 Å². The quantitative estimate of drug-likeness (QED) is 0.730. The lowest BCUT2D eigenvalue weighted by atomic mass is 10.1. The highest BCUT2D eigenvalue weighted by Crippen LogP contribution is 2.04. The van der Waals surface area contributed by atoms with E-state index < -0.39 is 0 Å². The van der Waals surface area contributed by atoms with E-state index in [-0.39, 0.29) is 11.9 Å². The number of carbonyl (C=O) groups is 1. The molecule has 0 saturated carbocycles. The smallest absolute Gasteiger partial charge is 0.248 e. The summed E-state index contributed by atoms with van der Waals surface area (Å²) in [5.74, 6) is 0.410. The third-order valence-electron chi connectivity index (χ3n) is 3.20. The molecular formula is C13H24N2O2. The molecule has 0 aromatic rings. The van der Waals surface area contributed by atoms with E-state index in [0.29, 0.717) is 18.0 Å². The molecule has 1 rings (SSSR count). The first-order valence-corrected chi connectivity index (χ1v) is 6.29. The molecule has 1 fully saturated rings. The van der Waals surface area contributed by atoms with Crippen molar-refractivity contribution in [3.8, 4) is 0 Å². The van der Waals surface area contributed by atoms with Crippen molar-refractivity contribution in [2.75, 3.05) is 32.8 Å². The van der Waals surface area contributed by atoms with Gasteiger partial charge in [-0.1, -0.05) is 20.4 Å². The average Bonchev–Trinajstić information content (AvgIpc) is 2.29. The molecule has 0 aromatic heterocycles. The van der Waals surface area contributed by atoms with Crippen LogP contribution in [-0.4, -0.2) is 49.7 Å². The van der Waals surface area contributed by atoms with Crippen LogP contribution in [0.5, 0.6) is 0 Å². The van der Waals surface area contributed by atoms with E-state index >= 15 is 0 Å². The molecule has 1 unspecified atom stereocenters. The number of nitrogens with one attached hydrogen (secondary N) is 1. The van der Waals surface area contributed by atoms with Gasteiger partial charge in [0.2, 0.25) is 5.91 Å². The molecule has 1 aliphatic rings. The monoisotopic (exact) mass is 240 g/mol. The highest BCUT2D eigenvalue weighted by atomic mass is 16.5. The van der Waals surface area contributed by atoms with Crippen LogP contribution in [0.25, 0.3) is 0 Å². The Hall–Kier alpha value is -0.870. The third-order valence-corrected chi connectivity index (χ3v) is 3.20. The number of morpholine rings is 1. The fraction of sp³-hybridized carbons (Fsp3) is 0.769. The van der Waals surface area contributed by atoms with E-state index in [1.54, 1.807) is 0 Å². The Balaban J connectivity index is 2.33. The first-order valence-electron chi connectivity index (χ1n) is 6.29. The summed E-state index contributed by atoms with van der Waals surface area (Å²) in [5.41, 5.74) is 0.638. The molecule has 98 valence electrons. The van der Waals surface area contributed by atoms with Crippen molar-refractivity contribution in [2.45, 2.75) is 26.8 Å². The molecule has 0 aliphatic carbocycles. The Labute approximate surface area is 104 Å². The molecule has 0 spiro atoms. The van der Waals surface area contributed by atoms with Crippen LogP contribution < -0.4 is 5.32 Å². The molecule has 1 amide bonds. The summed E-state index contributed by atoms with van der Waals surface area (Å²) in [6.07, 6.45) is 0. The van der Waals surface area contributed by atoms with E-state index in [1.807, 2.05) is 6.92 Å². The first kappa shape index (κ1) is 14.2. The molecule has 0 bridgehead atoms. The second-order valence-corrected chi connectivity index (χ2v) is 5.00. The van der Waals surface area contributed by atoms with Crippen LogP contribution in [0.2, 0.25) is 0 Å². The van der Waals surface area contributed by atoms with Gasteiger partial charge in [0.1, 0.15) is 0 Å². The molecule has 1 N–H and O–H groups in total. The summed E-state index contributed by atoms with van der Waals surface area (Å²) in [5, 5.41) is 2.97. The molecule has 4 heteroatoms. The first-order chi connectivity index (χ1) is 8.00.